The van der Waals surface area contributed by atoms with Crippen molar-refractivity contribution in [3.05, 3.63) is 83.4 Å². The summed E-state index contributed by atoms with van der Waals surface area (Å²) in [6.07, 6.45) is 8.36. The second kappa shape index (κ2) is 6.36. The van der Waals surface area contributed by atoms with Crippen molar-refractivity contribution in [3.63, 3.8) is 0 Å². The van der Waals surface area contributed by atoms with E-state index in [-0.39, 0.29) is 0 Å². The van der Waals surface area contributed by atoms with Crippen molar-refractivity contribution < 1.29 is 0 Å². The fourth-order valence-electron chi connectivity index (χ4n) is 2.69. The van der Waals surface area contributed by atoms with Crippen LogP contribution in [-0.4, -0.2) is 6.21 Å². The van der Waals surface area contributed by atoms with Crippen molar-refractivity contribution >= 4 is 17.5 Å². The third-order valence-corrected chi connectivity index (χ3v) is 3.82. The van der Waals surface area contributed by atoms with E-state index in [0.29, 0.717) is 0 Å². The Hall–Kier alpha value is -2.41. The molecule has 1 aliphatic carbocycles. The number of allylic oxidation sites excluding steroid dienone is 4. The largest absolute Gasteiger partial charge is 0.261 e. The van der Waals surface area contributed by atoms with E-state index in [4.69, 9.17) is 0 Å². The number of nitrogens with zero attached hydrogens (tertiary/aromatic N) is 1. The maximum absolute atomic E-state index is 4.53. The summed E-state index contributed by atoms with van der Waals surface area (Å²) in [5.41, 5.74) is 6.53. The van der Waals surface area contributed by atoms with Crippen LogP contribution < -0.4 is 0 Å². The quantitative estimate of drug-likeness (QED) is 0.664. The summed E-state index contributed by atoms with van der Waals surface area (Å²) >= 11 is 0. The van der Waals surface area contributed by atoms with Crippen LogP contribution in [0.4, 0.5) is 5.69 Å². The predicted octanol–water partition coefficient (Wildman–Crippen LogP) is 5.37. The molecule has 0 heterocycles. The van der Waals surface area contributed by atoms with Gasteiger partial charge in [0.2, 0.25) is 0 Å². The van der Waals surface area contributed by atoms with E-state index in [2.05, 4.69) is 48.3 Å². The molecule has 1 nitrogen and oxygen atoms in total. The van der Waals surface area contributed by atoms with Gasteiger partial charge in [-0.2, -0.15) is 0 Å². The molecule has 0 bridgehead atoms. The summed E-state index contributed by atoms with van der Waals surface area (Å²) in [4.78, 5) is 4.53. The number of benzene rings is 2. The van der Waals surface area contributed by atoms with Crippen LogP contribution in [0.3, 0.4) is 0 Å². The van der Waals surface area contributed by atoms with E-state index >= 15 is 0 Å². The average molecular weight is 273 g/mol. The molecule has 2 aromatic carbocycles. The molecule has 0 unspecified atom stereocenters. The minimum absolute atomic E-state index is 0.863. The predicted molar refractivity (Wildman–Crippen MR) is 91.1 cm³/mol. The minimum atomic E-state index is 0.863. The van der Waals surface area contributed by atoms with Crippen LogP contribution in [-0.2, 0) is 6.42 Å². The van der Waals surface area contributed by atoms with Gasteiger partial charge in [0.05, 0.1) is 5.69 Å². The standard InChI is InChI=1S/C20H19N/c1-16-8-7-13-19(16)20-12-6-5-9-17(20)14-15-21-18-10-3-2-4-11-18/h2-12,15H,13-14H2,1H3. The van der Waals surface area contributed by atoms with Gasteiger partial charge in [-0.3, -0.25) is 4.99 Å². The van der Waals surface area contributed by atoms with Crippen LogP contribution in [0.1, 0.15) is 24.5 Å². The van der Waals surface area contributed by atoms with Gasteiger partial charge >= 0.3 is 0 Å². The summed E-state index contributed by atoms with van der Waals surface area (Å²) in [7, 11) is 0. The van der Waals surface area contributed by atoms with Crippen molar-refractivity contribution in [1.82, 2.24) is 0 Å². The van der Waals surface area contributed by atoms with Gasteiger partial charge in [-0.05, 0) is 47.8 Å². The Bertz CT molecular complexity index is 706. The van der Waals surface area contributed by atoms with E-state index in [0.717, 1.165) is 18.5 Å². The number of hydrogen-bond donors (Lipinski definition) is 0. The maximum Gasteiger partial charge on any atom is 0.0625 e. The Morgan fingerprint density at radius 3 is 2.52 bits per heavy atom. The highest BCUT2D eigenvalue weighted by Gasteiger charge is 2.10. The second-order valence-electron chi connectivity index (χ2n) is 5.28. The van der Waals surface area contributed by atoms with Gasteiger partial charge in [0.25, 0.3) is 0 Å². The lowest BCUT2D eigenvalue weighted by Crippen LogP contribution is -1.94. The molecular formula is C20H19N. The molecule has 0 atom stereocenters. The number of rotatable bonds is 4. The molecule has 0 aliphatic heterocycles. The normalized spacial score (nSPS) is 14.3. The summed E-state index contributed by atoms with van der Waals surface area (Å²) in [5, 5.41) is 0. The fourth-order valence-corrected chi connectivity index (χ4v) is 2.69. The molecule has 21 heavy (non-hydrogen) atoms. The molecule has 3 rings (SSSR count). The van der Waals surface area contributed by atoms with Crippen LogP contribution in [0.15, 0.2) is 77.3 Å². The van der Waals surface area contributed by atoms with E-state index in [1.54, 1.807) is 0 Å². The molecule has 2 aromatic rings. The van der Waals surface area contributed by atoms with Gasteiger partial charge in [0, 0.05) is 12.6 Å². The monoisotopic (exact) mass is 273 g/mol. The van der Waals surface area contributed by atoms with Gasteiger partial charge in [0.1, 0.15) is 0 Å². The molecular weight excluding hydrogens is 254 g/mol. The van der Waals surface area contributed by atoms with Crippen molar-refractivity contribution in [2.45, 2.75) is 19.8 Å². The lowest BCUT2D eigenvalue weighted by atomic mass is 9.95. The zero-order chi connectivity index (χ0) is 14.5. The van der Waals surface area contributed by atoms with Crippen LogP contribution in [0.25, 0.3) is 5.57 Å². The smallest absolute Gasteiger partial charge is 0.0625 e. The highest BCUT2D eigenvalue weighted by atomic mass is 14.7. The molecule has 0 amide bonds. The zero-order valence-corrected chi connectivity index (χ0v) is 12.3. The average Bonchev–Trinajstić information content (AvgIpc) is 2.95. The van der Waals surface area contributed by atoms with Crippen molar-refractivity contribution in [1.29, 1.82) is 0 Å². The van der Waals surface area contributed by atoms with Crippen LogP contribution >= 0.6 is 0 Å². The fraction of sp³-hybridized carbons (Fsp3) is 0.150. The summed E-state index contributed by atoms with van der Waals surface area (Å²) in [5.74, 6) is 0. The summed E-state index contributed by atoms with van der Waals surface area (Å²) < 4.78 is 0. The van der Waals surface area contributed by atoms with E-state index in [1.807, 2.05) is 36.5 Å². The van der Waals surface area contributed by atoms with Crippen molar-refractivity contribution in [2.75, 3.05) is 0 Å². The van der Waals surface area contributed by atoms with Crippen LogP contribution in [0.5, 0.6) is 0 Å². The molecule has 0 saturated heterocycles. The Morgan fingerprint density at radius 1 is 1.00 bits per heavy atom. The van der Waals surface area contributed by atoms with Gasteiger partial charge in [-0.25, -0.2) is 0 Å². The number of para-hydroxylation sites is 1. The highest BCUT2D eigenvalue weighted by Crippen LogP contribution is 2.30. The van der Waals surface area contributed by atoms with Gasteiger partial charge < -0.3 is 0 Å². The molecule has 0 fully saturated rings. The molecule has 0 radical (unpaired) electrons. The third-order valence-electron chi connectivity index (χ3n) is 3.82. The highest BCUT2D eigenvalue weighted by molar-refractivity contribution is 5.78. The molecule has 1 heteroatoms. The summed E-state index contributed by atoms with van der Waals surface area (Å²) in [6, 6.07) is 18.7. The first-order valence-corrected chi connectivity index (χ1v) is 7.37. The lowest BCUT2D eigenvalue weighted by molar-refractivity contribution is 1.29. The second-order valence-corrected chi connectivity index (χ2v) is 5.28. The van der Waals surface area contributed by atoms with Crippen LogP contribution in [0, 0.1) is 0 Å². The Balaban J connectivity index is 1.81. The topological polar surface area (TPSA) is 12.4 Å². The number of hydrogen-bond acceptors (Lipinski definition) is 1. The number of aliphatic imine (C=N–C) groups is 1. The Labute approximate surface area is 126 Å². The molecule has 104 valence electrons. The molecule has 1 aliphatic rings. The van der Waals surface area contributed by atoms with E-state index in [9.17, 15) is 0 Å². The van der Waals surface area contributed by atoms with Gasteiger partial charge in [-0.15, -0.1) is 0 Å². The molecule has 0 spiro atoms. The zero-order valence-electron chi connectivity index (χ0n) is 12.3. The minimum Gasteiger partial charge on any atom is -0.261 e. The SMILES string of the molecule is CC1=C(c2ccccc2CC=Nc2ccccc2)CC=C1. The maximum atomic E-state index is 4.53. The van der Waals surface area contributed by atoms with Crippen LogP contribution in [0.2, 0.25) is 0 Å². The first kappa shape index (κ1) is 13.6. The molecule has 0 saturated carbocycles. The molecule has 0 aromatic heterocycles. The Morgan fingerprint density at radius 2 is 1.76 bits per heavy atom. The first-order valence-electron chi connectivity index (χ1n) is 7.37. The van der Waals surface area contributed by atoms with Crippen molar-refractivity contribution in [3.8, 4) is 0 Å². The van der Waals surface area contributed by atoms with E-state index < -0.39 is 0 Å². The summed E-state index contributed by atoms with van der Waals surface area (Å²) in [6.45, 7) is 2.19. The molecule has 0 N–H and O–H groups in total. The lowest BCUT2D eigenvalue weighted by Gasteiger charge is -2.10. The van der Waals surface area contributed by atoms with Crippen molar-refractivity contribution in [2.24, 2.45) is 4.99 Å². The third kappa shape index (κ3) is 3.19. The van der Waals surface area contributed by atoms with Gasteiger partial charge in [0.15, 0.2) is 0 Å². The van der Waals surface area contributed by atoms with Gasteiger partial charge in [-0.1, -0.05) is 54.6 Å². The van der Waals surface area contributed by atoms with E-state index in [1.165, 1.54) is 22.3 Å². The Kier molecular flexibility index (Phi) is 4.11. The first-order chi connectivity index (χ1) is 10.3.